The molecule has 1 atom stereocenters. The maximum Gasteiger partial charge on any atom is 0.295 e. The Bertz CT molecular complexity index is 1140. The van der Waals surface area contributed by atoms with Crippen molar-refractivity contribution in [3.05, 3.63) is 58.2 Å². The summed E-state index contributed by atoms with van der Waals surface area (Å²) in [6.07, 6.45) is 0. The molecule has 2 aromatic rings. The highest BCUT2D eigenvalue weighted by Crippen LogP contribution is 2.43. The van der Waals surface area contributed by atoms with Crippen molar-refractivity contribution in [1.29, 1.82) is 0 Å². The number of carbonyl (C=O) groups excluding carboxylic acids is 2. The fourth-order valence-corrected chi connectivity index (χ4v) is 4.33. The first kappa shape index (κ1) is 25.1. The molecule has 0 saturated carbocycles. The molecule has 8 nitrogen and oxygen atoms in total. The number of likely N-dealkylation sites (N-methyl/N-ethyl adjacent to an activating group) is 1. The summed E-state index contributed by atoms with van der Waals surface area (Å²) in [5.41, 5.74) is 2.72. The first-order chi connectivity index (χ1) is 16.1. The standard InChI is InChI=1S/C26H32N2O6/c1-15-12-16(2)25(34-7)18(13-15)23(29)21-22(17-8-9-19(32-5)20(14-17)33-6)28(11-10-27(3)4)26(31)24(21)30/h8-9,12-14,22,29H,10-11H2,1-7H3/b23-21+. The number of likely N-dealkylation sites (tertiary alicyclic amines) is 1. The zero-order valence-electron chi connectivity index (χ0n) is 20.8. The van der Waals surface area contributed by atoms with Crippen LogP contribution in [0.2, 0.25) is 0 Å². The van der Waals surface area contributed by atoms with Gasteiger partial charge in [-0.3, -0.25) is 9.59 Å². The van der Waals surface area contributed by atoms with E-state index < -0.39 is 17.7 Å². The lowest BCUT2D eigenvalue weighted by Crippen LogP contribution is -2.35. The Hall–Kier alpha value is -3.52. The van der Waals surface area contributed by atoms with E-state index in [4.69, 9.17) is 14.2 Å². The fraction of sp³-hybridized carbons (Fsp3) is 0.385. The number of aliphatic hydroxyl groups excluding tert-OH is 1. The summed E-state index contributed by atoms with van der Waals surface area (Å²) in [6, 6.07) is 8.09. The second-order valence-corrected chi connectivity index (χ2v) is 8.57. The molecule has 0 aliphatic carbocycles. The molecule has 1 aliphatic rings. The van der Waals surface area contributed by atoms with Crippen LogP contribution in [-0.4, -0.2) is 75.1 Å². The van der Waals surface area contributed by atoms with Gasteiger partial charge >= 0.3 is 0 Å². The number of methoxy groups -OCH3 is 3. The smallest absolute Gasteiger partial charge is 0.295 e. The number of benzene rings is 2. The van der Waals surface area contributed by atoms with Crippen molar-refractivity contribution >= 4 is 17.4 Å². The average molecular weight is 469 g/mol. The number of aryl methyl sites for hydroxylation is 2. The van der Waals surface area contributed by atoms with Crippen molar-refractivity contribution < 1.29 is 28.9 Å². The first-order valence-electron chi connectivity index (χ1n) is 10.9. The van der Waals surface area contributed by atoms with Gasteiger partial charge in [-0.2, -0.15) is 0 Å². The Labute approximate surface area is 200 Å². The maximum absolute atomic E-state index is 13.3. The van der Waals surface area contributed by atoms with Crippen molar-refractivity contribution in [1.82, 2.24) is 9.80 Å². The van der Waals surface area contributed by atoms with Gasteiger partial charge in [-0.1, -0.05) is 12.1 Å². The van der Waals surface area contributed by atoms with E-state index in [1.165, 1.54) is 26.2 Å². The van der Waals surface area contributed by atoms with E-state index in [1.807, 2.05) is 38.9 Å². The minimum absolute atomic E-state index is 0.0132. The van der Waals surface area contributed by atoms with Crippen LogP contribution in [0.5, 0.6) is 17.2 Å². The SMILES string of the molecule is COc1ccc(C2/C(=C(\O)c3cc(C)cc(C)c3OC)C(=O)C(=O)N2CCN(C)C)cc1OC. The van der Waals surface area contributed by atoms with Crippen LogP contribution < -0.4 is 14.2 Å². The van der Waals surface area contributed by atoms with E-state index in [9.17, 15) is 14.7 Å². The van der Waals surface area contributed by atoms with Gasteiger partial charge in [0.1, 0.15) is 11.5 Å². The Morgan fingerprint density at radius 1 is 1.00 bits per heavy atom. The number of ketones is 1. The molecule has 0 spiro atoms. The van der Waals surface area contributed by atoms with Crippen LogP contribution in [0, 0.1) is 13.8 Å². The van der Waals surface area contributed by atoms with E-state index in [2.05, 4.69) is 0 Å². The number of Topliss-reactive ketones (excluding diaryl/α,β-unsaturated/α-hetero) is 1. The minimum Gasteiger partial charge on any atom is -0.507 e. The van der Waals surface area contributed by atoms with E-state index >= 15 is 0 Å². The van der Waals surface area contributed by atoms with Gasteiger partial charge < -0.3 is 29.1 Å². The summed E-state index contributed by atoms with van der Waals surface area (Å²) < 4.78 is 16.3. The molecule has 1 saturated heterocycles. The normalized spacial score (nSPS) is 17.4. The van der Waals surface area contributed by atoms with Gasteiger partial charge in [-0.15, -0.1) is 0 Å². The number of ether oxygens (including phenoxy) is 3. The molecule has 34 heavy (non-hydrogen) atoms. The predicted octanol–water partition coefficient (Wildman–Crippen LogP) is 3.31. The third-order valence-corrected chi connectivity index (χ3v) is 5.93. The van der Waals surface area contributed by atoms with Gasteiger partial charge in [0.05, 0.1) is 38.5 Å². The van der Waals surface area contributed by atoms with Gasteiger partial charge in [0.15, 0.2) is 11.5 Å². The topological polar surface area (TPSA) is 88.5 Å². The third-order valence-electron chi connectivity index (χ3n) is 5.93. The summed E-state index contributed by atoms with van der Waals surface area (Å²) >= 11 is 0. The molecular formula is C26H32N2O6. The molecule has 0 radical (unpaired) electrons. The number of hydrogen-bond donors (Lipinski definition) is 1. The van der Waals surface area contributed by atoms with Gasteiger partial charge in [-0.05, 0) is 62.8 Å². The Morgan fingerprint density at radius 2 is 1.68 bits per heavy atom. The zero-order chi connectivity index (χ0) is 25.2. The van der Waals surface area contributed by atoms with E-state index in [-0.39, 0.29) is 11.3 Å². The number of carbonyl (C=O) groups is 2. The van der Waals surface area contributed by atoms with Crippen LogP contribution in [0.25, 0.3) is 5.76 Å². The quantitative estimate of drug-likeness (QED) is 0.361. The zero-order valence-corrected chi connectivity index (χ0v) is 20.8. The van der Waals surface area contributed by atoms with Crippen LogP contribution in [0.1, 0.15) is 28.3 Å². The second kappa shape index (κ2) is 10.2. The van der Waals surface area contributed by atoms with Crippen molar-refractivity contribution in [2.45, 2.75) is 19.9 Å². The average Bonchev–Trinajstić information content (AvgIpc) is 3.06. The molecule has 2 aromatic carbocycles. The Balaban J connectivity index is 2.28. The molecule has 182 valence electrons. The number of rotatable bonds is 8. The summed E-state index contributed by atoms with van der Waals surface area (Å²) in [6.45, 7) is 4.61. The summed E-state index contributed by atoms with van der Waals surface area (Å²) in [7, 11) is 8.35. The van der Waals surface area contributed by atoms with Crippen LogP contribution in [0.15, 0.2) is 35.9 Å². The van der Waals surface area contributed by atoms with E-state index in [0.29, 0.717) is 41.5 Å². The highest BCUT2D eigenvalue weighted by atomic mass is 16.5. The molecule has 0 bridgehead atoms. The van der Waals surface area contributed by atoms with Crippen LogP contribution in [0.3, 0.4) is 0 Å². The molecule has 1 fully saturated rings. The Morgan fingerprint density at radius 3 is 2.26 bits per heavy atom. The fourth-order valence-electron chi connectivity index (χ4n) is 4.33. The molecule has 1 heterocycles. The largest absolute Gasteiger partial charge is 0.507 e. The van der Waals surface area contributed by atoms with Crippen molar-refractivity contribution in [2.75, 3.05) is 48.5 Å². The molecule has 8 heteroatoms. The molecule has 1 unspecified atom stereocenters. The summed E-state index contributed by atoms with van der Waals surface area (Å²) in [5, 5.41) is 11.5. The summed E-state index contributed by atoms with van der Waals surface area (Å²) in [5.74, 6) is -0.235. The van der Waals surface area contributed by atoms with Gasteiger partial charge in [0.2, 0.25) is 0 Å². The van der Waals surface area contributed by atoms with Crippen LogP contribution in [-0.2, 0) is 9.59 Å². The molecule has 0 aromatic heterocycles. The third kappa shape index (κ3) is 4.59. The summed E-state index contributed by atoms with van der Waals surface area (Å²) in [4.78, 5) is 29.8. The number of nitrogens with zero attached hydrogens (tertiary/aromatic N) is 2. The highest BCUT2D eigenvalue weighted by Gasteiger charge is 2.46. The Kier molecular flexibility index (Phi) is 7.51. The number of hydrogen-bond acceptors (Lipinski definition) is 7. The second-order valence-electron chi connectivity index (χ2n) is 8.57. The predicted molar refractivity (Wildman–Crippen MR) is 130 cm³/mol. The van der Waals surface area contributed by atoms with Crippen LogP contribution in [0.4, 0.5) is 0 Å². The molecular weight excluding hydrogens is 436 g/mol. The van der Waals surface area contributed by atoms with E-state index in [0.717, 1.165) is 11.1 Å². The highest BCUT2D eigenvalue weighted by molar-refractivity contribution is 6.46. The van der Waals surface area contributed by atoms with Crippen molar-refractivity contribution in [3.8, 4) is 17.2 Å². The molecule has 1 N–H and O–H groups in total. The lowest BCUT2D eigenvalue weighted by Gasteiger charge is -2.27. The number of aliphatic hydroxyl groups is 1. The van der Waals surface area contributed by atoms with Gasteiger partial charge in [0, 0.05) is 13.1 Å². The monoisotopic (exact) mass is 468 g/mol. The first-order valence-corrected chi connectivity index (χ1v) is 10.9. The molecule has 3 rings (SSSR count). The number of amides is 1. The molecule has 1 amide bonds. The van der Waals surface area contributed by atoms with Crippen molar-refractivity contribution in [3.63, 3.8) is 0 Å². The lowest BCUT2D eigenvalue weighted by molar-refractivity contribution is -0.140. The lowest BCUT2D eigenvalue weighted by atomic mass is 9.93. The maximum atomic E-state index is 13.3. The van der Waals surface area contributed by atoms with Crippen LogP contribution >= 0.6 is 0 Å². The minimum atomic E-state index is -0.801. The van der Waals surface area contributed by atoms with Gasteiger partial charge in [-0.25, -0.2) is 0 Å². The molecule has 1 aliphatic heterocycles. The van der Waals surface area contributed by atoms with Crippen molar-refractivity contribution in [2.24, 2.45) is 0 Å². The van der Waals surface area contributed by atoms with E-state index in [1.54, 1.807) is 24.3 Å². The van der Waals surface area contributed by atoms with Gasteiger partial charge in [0.25, 0.3) is 11.7 Å².